The van der Waals surface area contributed by atoms with E-state index >= 15 is 0 Å². The molecular formula is C15H17NO2S. The van der Waals surface area contributed by atoms with Gasteiger partial charge in [0, 0.05) is 22.8 Å². The molecule has 3 nitrogen and oxygen atoms in total. The van der Waals surface area contributed by atoms with E-state index in [1.54, 1.807) is 11.4 Å². The lowest BCUT2D eigenvalue weighted by Crippen LogP contribution is -2.18. The summed E-state index contributed by atoms with van der Waals surface area (Å²) in [5.41, 5.74) is 2.91. The zero-order chi connectivity index (χ0) is 13.8. The van der Waals surface area contributed by atoms with Crippen LogP contribution in [0.2, 0.25) is 0 Å². The van der Waals surface area contributed by atoms with Crippen LogP contribution < -0.4 is 5.32 Å². The number of carboxylic acids is 1. The molecule has 1 heterocycles. The highest BCUT2D eigenvalue weighted by Gasteiger charge is 2.09. The lowest BCUT2D eigenvalue weighted by Gasteiger charge is -2.15. The quantitative estimate of drug-likeness (QED) is 0.876. The van der Waals surface area contributed by atoms with E-state index in [2.05, 4.69) is 31.3 Å². The fourth-order valence-corrected chi connectivity index (χ4v) is 2.83. The van der Waals surface area contributed by atoms with Crippen LogP contribution in [0.1, 0.15) is 39.3 Å². The van der Waals surface area contributed by atoms with Crippen LogP contribution in [0.5, 0.6) is 0 Å². The summed E-state index contributed by atoms with van der Waals surface area (Å²) in [6.45, 7) is 4.91. The molecular weight excluding hydrogens is 258 g/mol. The SMILES string of the molecule is Cc1ccccc1[C@@H](C)NCc1cc(C(=O)O)cs1. The van der Waals surface area contributed by atoms with E-state index in [0.717, 1.165) is 4.88 Å². The molecule has 2 N–H and O–H groups in total. The Labute approximate surface area is 116 Å². The zero-order valence-electron chi connectivity index (χ0n) is 11.0. The van der Waals surface area contributed by atoms with Gasteiger partial charge >= 0.3 is 5.97 Å². The van der Waals surface area contributed by atoms with Crippen LogP contribution in [-0.4, -0.2) is 11.1 Å². The minimum Gasteiger partial charge on any atom is -0.478 e. The molecule has 0 spiro atoms. The number of aryl methyl sites for hydroxylation is 1. The summed E-state index contributed by atoms with van der Waals surface area (Å²) in [7, 11) is 0. The minimum atomic E-state index is -0.866. The van der Waals surface area contributed by atoms with Gasteiger partial charge in [-0.3, -0.25) is 0 Å². The van der Waals surface area contributed by atoms with E-state index in [1.807, 2.05) is 12.1 Å². The molecule has 0 saturated heterocycles. The Kier molecular flexibility index (Phi) is 4.35. The molecule has 0 bridgehead atoms. The number of hydrogen-bond acceptors (Lipinski definition) is 3. The topological polar surface area (TPSA) is 49.3 Å². The predicted molar refractivity (Wildman–Crippen MR) is 77.7 cm³/mol. The van der Waals surface area contributed by atoms with Crippen molar-refractivity contribution < 1.29 is 9.90 Å². The molecule has 0 unspecified atom stereocenters. The van der Waals surface area contributed by atoms with E-state index in [9.17, 15) is 4.79 Å². The van der Waals surface area contributed by atoms with Crippen LogP contribution in [0.4, 0.5) is 0 Å². The molecule has 0 fully saturated rings. The summed E-state index contributed by atoms with van der Waals surface area (Å²) in [6.07, 6.45) is 0. The van der Waals surface area contributed by atoms with Crippen molar-refractivity contribution in [2.45, 2.75) is 26.4 Å². The third-order valence-electron chi connectivity index (χ3n) is 3.14. The van der Waals surface area contributed by atoms with Crippen LogP contribution in [0, 0.1) is 6.92 Å². The van der Waals surface area contributed by atoms with Gasteiger partial charge in [-0.1, -0.05) is 24.3 Å². The van der Waals surface area contributed by atoms with Crippen molar-refractivity contribution in [3.8, 4) is 0 Å². The second-order valence-corrected chi connectivity index (χ2v) is 5.56. The third kappa shape index (κ3) is 3.43. The summed E-state index contributed by atoms with van der Waals surface area (Å²) >= 11 is 1.48. The highest BCUT2D eigenvalue weighted by Crippen LogP contribution is 2.19. The van der Waals surface area contributed by atoms with Gasteiger partial charge in [0.2, 0.25) is 0 Å². The molecule has 4 heteroatoms. The molecule has 1 atom stereocenters. The molecule has 0 aliphatic rings. The standard InChI is InChI=1S/C15H17NO2S/c1-10-5-3-4-6-14(10)11(2)16-8-13-7-12(9-19-13)15(17)18/h3-7,9,11,16H,8H2,1-2H3,(H,17,18)/t11-/m1/s1. The maximum Gasteiger partial charge on any atom is 0.336 e. The first-order valence-corrected chi connectivity index (χ1v) is 7.05. The van der Waals surface area contributed by atoms with Crippen molar-refractivity contribution >= 4 is 17.3 Å². The molecule has 0 amide bonds. The fourth-order valence-electron chi connectivity index (χ4n) is 2.02. The lowest BCUT2D eigenvalue weighted by molar-refractivity contribution is 0.0697. The minimum absolute atomic E-state index is 0.247. The molecule has 1 aromatic heterocycles. The summed E-state index contributed by atoms with van der Waals surface area (Å²) in [5.74, 6) is -0.866. The number of aromatic carboxylic acids is 1. The average molecular weight is 275 g/mol. The molecule has 0 aliphatic heterocycles. The number of rotatable bonds is 5. The van der Waals surface area contributed by atoms with E-state index in [1.165, 1.54) is 22.5 Å². The fraction of sp³-hybridized carbons (Fsp3) is 0.267. The van der Waals surface area contributed by atoms with Crippen LogP contribution in [0.15, 0.2) is 35.7 Å². The van der Waals surface area contributed by atoms with E-state index < -0.39 is 5.97 Å². The Morgan fingerprint density at radius 3 is 2.79 bits per heavy atom. The Morgan fingerprint density at radius 1 is 1.42 bits per heavy atom. The predicted octanol–water partition coefficient (Wildman–Crippen LogP) is 3.61. The summed E-state index contributed by atoms with van der Waals surface area (Å²) in [6, 6.07) is 10.3. The van der Waals surface area contributed by atoms with Crippen molar-refractivity contribution in [1.82, 2.24) is 5.32 Å². The Bertz CT molecular complexity index is 577. The zero-order valence-corrected chi connectivity index (χ0v) is 11.8. The summed E-state index contributed by atoms with van der Waals surface area (Å²) in [5, 5.41) is 14.0. The largest absolute Gasteiger partial charge is 0.478 e. The van der Waals surface area contributed by atoms with E-state index in [4.69, 9.17) is 5.11 Å². The molecule has 2 aromatic rings. The third-order valence-corrected chi connectivity index (χ3v) is 4.07. The number of benzene rings is 1. The highest BCUT2D eigenvalue weighted by atomic mass is 32.1. The van der Waals surface area contributed by atoms with Gasteiger partial charge in [-0.2, -0.15) is 0 Å². The highest BCUT2D eigenvalue weighted by molar-refractivity contribution is 7.10. The van der Waals surface area contributed by atoms with E-state index in [-0.39, 0.29) is 6.04 Å². The first-order valence-electron chi connectivity index (χ1n) is 6.17. The number of nitrogens with one attached hydrogen (secondary N) is 1. The van der Waals surface area contributed by atoms with Gasteiger partial charge in [0.1, 0.15) is 0 Å². The first kappa shape index (κ1) is 13.8. The van der Waals surface area contributed by atoms with Gasteiger partial charge in [-0.25, -0.2) is 4.79 Å². The molecule has 0 radical (unpaired) electrons. The van der Waals surface area contributed by atoms with Gasteiger partial charge in [0.15, 0.2) is 0 Å². The molecule has 2 rings (SSSR count). The molecule has 0 saturated carbocycles. The maximum absolute atomic E-state index is 10.8. The molecule has 1 aromatic carbocycles. The Hall–Kier alpha value is -1.65. The second-order valence-electron chi connectivity index (χ2n) is 4.57. The summed E-state index contributed by atoms with van der Waals surface area (Å²) in [4.78, 5) is 11.8. The van der Waals surface area contributed by atoms with Crippen molar-refractivity contribution in [1.29, 1.82) is 0 Å². The molecule has 0 aliphatic carbocycles. The van der Waals surface area contributed by atoms with Gasteiger partial charge in [-0.15, -0.1) is 11.3 Å². The smallest absolute Gasteiger partial charge is 0.336 e. The van der Waals surface area contributed by atoms with Gasteiger partial charge < -0.3 is 10.4 Å². The molecule has 100 valence electrons. The van der Waals surface area contributed by atoms with Crippen molar-refractivity contribution in [3.63, 3.8) is 0 Å². The van der Waals surface area contributed by atoms with Crippen LogP contribution >= 0.6 is 11.3 Å². The van der Waals surface area contributed by atoms with Crippen LogP contribution in [0.25, 0.3) is 0 Å². The van der Waals surface area contributed by atoms with Crippen LogP contribution in [0.3, 0.4) is 0 Å². The normalized spacial score (nSPS) is 12.3. The summed E-state index contributed by atoms with van der Waals surface area (Å²) < 4.78 is 0. The Morgan fingerprint density at radius 2 is 2.16 bits per heavy atom. The number of carboxylic acid groups (broad SMARTS) is 1. The van der Waals surface area contributed by atoms with Crippen molar-refractivity contribution in [2.75, 3.05) is 0 Å². The number of carbonyl (C=O) groups is 1. The van der Waals surface area contributed by atoms with E-state index in [0.29, 0.717) is 12.1 Å². The van der Waals surface area contributed by atoms with Crippen molar-refractivity contribution in [2.24, 2.45) is 0 Å². The van der Waals surface area contributed by atoms with Gasteiger partial charge in [0.05, 0.1) is 5.56 Å². The maximum atomic E-state index is 10.8. The monoisotopic (exact) mass is 275 g/mol. The first-order chi connectivity index (χ1) is 9.08. The second kappa shape index (κ2) is 5.99. The number of hydrogen-bond donors (Lipinski definition) is 2. The van der Waals surface area contributed by atoms with Crippen molar-refractivity contribution in [3.05, 3.63) is 57.3 Å². The molecule has 19 heavy (non-hydrogen) atoms. The Balaban J connectivity index is 1.98. The van der Waals surface area contributed by atoms with Crippen LogP contribution in [-0.2, 0) is 6.54 Å². The van der Waals surface area contributed by atoms with Gasteiger partial charge in [-0.05, 0) is 31.0 Å². The number of thiophene rings is 1. The lowest BCUT2D eigenvalue weighted by atomic mass is 10.0. The van der Waals surface area contributed by atoms with Gasteiger partial charge in [0.25, 0.3) is 0 Å². The average Bonchev–Trinajstić information content (AvgIpc) is 2.85.